The summed E-state index contributed by atoms with van der Waals surface area (Å²) in [6.45, 7) is 4.21. The zero-order valence-corrected chi connectivity index (χ0v) is 17.4. The molecule has 1 aliphatic heterocycles. The summed E-state index contributed by atoms with van der Waals surface area (Å²) in [5, 5.41) is 3.94. The van der Waals surface area contributed by atoms with Crippen molar-refractivity contribution in [2.45, 2.75) is 0 Å². The molecule has 0 aromatic heterocycles. The molecular formula is C29H20N2O. The van der Waals surface area contributed by atoms with Crippen LogP contribution in [0.3, 0.4) is 0 Å². The largest absolute Gasteiger partial charge is 0.453 e. The SMILES string of the molecule is C=c1cc2c(c3ccccc13)=Nc1ccc(N(c3ccccc3)c3ccccc3)cc1O2. The summed E-state index contributed by atoms with van der Waals surface area (Å²) < 4.78 is 6.37. The smallest absolute Gasteiger partial charge is 0.155 e. The van der Waals surface area contributed by atoms with Crippen LogP contribution < -0.4 is 20.2 Å². The van der Waals surface area contributed by atoms with Gasteiger partial charge in [-0.25, -0.2) is 4.99 Å². The maximum atomic E-state index is 6.37. The molecule has 0 unspecified atom stereocenters. The second-order valence-corrected chi connectivity index (χ2v) is 7.80. The third kappa shape index (κ3) is 3.03. The number of benzene rings is 5. The third-order valence-electron chi connectivity index (χ3n) is 5.75. The lowest BCUT2D eigenvalue weighted by molar-refractivity contribution is 0.471. The molecular weight excluding hydrogens is 392 g/mol. The van der Waals surface area contributed by atoms with Crippen LogP contribution in [0, 0.1) is 0 Å². The van der Waals surface area contributed by atoms with Crippen molar-refractivity contribution in [1.82, 2.24) is 0 Å². The number of para-hydroxylation sites is 2. The molecule has 1 heterocycles. The highest BCUT2D eigenvalue weighted by atomic mass is 16.5. The highest BCUT2D eigenvalue weighted by molar-refractivity contribution is 5.85. The maximum Gasteiger partial charge on any atom is 0.155 e. The molecule has 1 aliphatic rings. The Labute approximate surface area is 186 Å². The number of hydrogen-bond acceptors (Lipinski definition) is 3. The van der Waals surface area contributed by atoms with Crippen LogP contribution in [0.4, 0.5) is 22.7 Å². The first-order chi connectivity index (χ1) is 15.8. The molecule has 3 heteroatoms. The molecule has 0 N–H and O–H groups in total. The molecule has 6 rings (SSSR count). The van der Waals surface area contributed by atoms with Crippen molar-refractivity contribution in [2.24, 2.45) is 4.99 Å². The fourth-order valence-electron chi connectivity index (χ4n) is 4.26. The zero-order chi connectivity index (χ0) is 21.5. The van der Waals surface area contributed by atoms with E-state index in [-0.39, 0.29) is 0 Å². The van der Waals surface area contributed by atoms with Gasteiger partial charge in [0.2, 0.25) is 0 Å². The van der Waals surface area contributed by atoms with E-state index in [0.29, 0.717) is 0 Å². The molecule has 0 atom stereocenters. The minimum absolute atomic E-state index is 0.738. The van der Waals surface area contributed by atoms with E-state index in [2.05, 4.69) is 60.0 Å². The predicted molar refractivity (Wildman–Crippen MR) is 131 cm³/mol. The molecule has 0 fully saturated rings. The number of ether oxygens (including phenoxy) is 1. The van der Waals surface area contributed by atoms with Crippen LogP contribution in [0.1, 0.15) is 0 Å². The van der Waals surface area contributed by atoms with Gasteiger partial charge in [-0.05, 0) is 53.1 Å². The Kier molecular flexibility index (Phi) is 4.25. The average molecular weight is 412 g/mol. The fraction of sp³-hybridized carbons (Fsp3) is 0. The third-order valence-corrected chi connectivity index (χ3v) is 5.75. The Morgan fingerprint density at radius 1 is 0.594 bits per heavy atom. The lowest BCUT2D eigenvalue weighted by atomic mass is 10.1. The average Bonchev–Trinajstić information content (AvgIpc) is 2.85. The summed E-state index contributed by atoms with van der Waals surface area (Å²) in [7, 11) is 0. The summed E-state index contributed by atoms with van der Waals surface area (Å²) in [5.74, 6) is 1.48. The molecule has 0 amide bonds. The van der Waals surface area contributed by atoms with E-state index >= 15 is 0 Å². The van der Waals surface area contributed by atoms with Gasteiger partial charge in [-0.2, -0.15) is 0 Å². The van der Waals surface area contributed by atoms with E-state index in [1.165, 1.54) is 0 Å². The minimum Gasteiger partial charge on any atom is -0.453 e. The molecule has 0 aliphatic carbocycles. The van der Waals surface area contributed by atoms with Crippen molar-refractivity contribution in [3.8, 4) is 11.5 Å². The summed E-state index contributed by atoms with van der Waals surface area (Å²) in [4.78, 5) is 7.17. The number of fused-ring (bicyclic) bond motifs is 4. The molecule has 0 bridgehead atoms. The van der Waals surface area contributed by atoms with Gasteiger partial charge < -0.3 is 9.64 Å². The van der Waals surface area contributed by atoms with Gasteiger partial charge >= 0.3 is 0 Å². The van der Waals surface area contributed by atoms with E-state index in [0.717, 1.165) is 55.6 Å². The fourth-order valence-corrected chi connectivity index (χ4v) is 4.26. The van der Waals surface area contributed by atoms with Gasteiger partial charge in [-0.1, -0.05) is 67.2 Å². The van der Waals surface area contributed by atoms with Crippen LogP contribution in [0.15, 0.2) is 114 Å². The van der Waals surface area contributed by atoms with Gasteiger partial charge in [0.05, 0.1) is 0 Å². The van der Waals surface area contributed by atoms with Gasteiger partial charge in [0.25, 0.3) is 0 Å². The molecule has 152 valence electrons. The van der Waals surface area contributed by atoms with Crippen molar-refractivity contribution in [2.75, 3.05) is 4.90 Å². The Morgan fingerprint density at radius 3 is 1.91 bits per heavy atom. The van der Waals surface area contributed by atoms with Crippen molar-refractivity contribution in [3.63, 3.8) is 0 Å². The summed E-state index contributed by atoms with van der Waals surface area (Å²) >= 11 is 0. The molecule has 5 aromatic carbocycles. The first kappa shape index (κ1) is 18.4. The number of hydrogen-bond donors (Lipinski definition) is 0. The van der Waals surface area contributed by atoms with Crippen molar-refractivity contribution >= 4 is 40.1 Å². The molecule has 32 heavy (non-hydrogen) atoms. The summed E-state index contributed by atoms with van der Waals surface area (Å²) in [6, 6.07) is 37.0. The molecule has 5 aromatic rings. The van der Waals surface area contributed by atoms with Crippen LogP contribution >= 0.6 is 0 Å². The number of rotatable bonds is 3. The van der Waals surface area contributed by atoms with Crippen LogP contribution in [-0.4, -0.2) is 0 Å². The maximum absolute atomic E-state index is 6.37. The molecule has 3 nitrogen and oxygen atoms in total. The van der Waals surface area contributed by atoms with Gasteiger partial charge in [-0.15, -0.1) is 0 Å². The van der Waals surface area contributed by atoms with Crippen molar-refractivity contribution in [1.29, 1.82) is 0 Å². The molecule has 0 spiro atoms. The van der Waals surface area contributed by atoms with Crippen LogP contribution in [0.25, 0.3) is 17.4 Å². The highest BCUT2D eigenvalue weighted by Crippen LogP contribution is 2.41. The van der Waals surface area contributed by atoms with Gasteiger partial charge in [-0.3, -0.25) is 0 Å². The molecule has 0 saturated carbocycles. The Bertz CT molecular complexity index is 1520. The standard InChI is InChI=1S/C29H20N2O/c1-20-18-28-29(25-15-9-8-14-24(20)25)30-26-17-16-23(19-27(26)32-28)31(21-10-4-2-5-11-21)22-12-6-3-7-13-22/h2-19H,1H2. The first-order valence-corrected chi connectivity index (χ1v) is 10.6. The topological polar surface area (TPSA) is 24.8 Å². The van der Waals surface area contributed by atoms with Gasteiger partial charge in [0.1, 0.15) is 11.0 Å². The highest BCUT2D eigenvalue weighted by Gasteiger charge is 2.18. The van der Waals surface area contributed by atoms with E-state index in [9.17, 15) is 0 Å². The Hall–Kier alpha value is -4.37. The van der Waals surface area contributed by atoms with Crippen LogP contribution in [0.5, 0.6) is 11.5 Å². The number of nitrogens with zero attached hydrogens (tertiary/aromatic N) is 2. The van der Waals surface area contributed by atoms with E-state index < -0.39 is 0 Å². The molecule has 0 saturated heterocycles. The second kappa shape index (κ2) is 7.40. The van der Waals surface area contributed by atoms with E-state index in [1.807, 2.05) is 60.7 Å². The van der Waals surface area contributed by atoms with Crippen LogP contribution in [0.2, 0.25) is 0 Å². The van der Waals surface area contributed by atoms with Gasteiger partial charge in [0.15, 0.2) is 11.5 Å². The monoisotopic (exact) mass is 412 g/mol. The summed E-state index contributed by atoms with van der Waals surface area (Å²) in [5.41, 5.74) is 4.00. The molecule has 0 radical (unpaired) electrons. The van der Waals surface area contributed by atoms with Gasteiger partial charge in [0, 0.05) is 28.5 Å². The predicted octanol–water partition coefficient (Wildman–Crippen LogP) is 6.78. The minimum atomic E-state index is 0.738. The second-order valence-electron chi connectivity index (χ2n) is 7.80. The normalized spacial score (nSPS) is 11.8. The van der Waals surface area contributed by atoms with Crippen LogP contribution in [-0.2, 0) is 0 Å². The quantitative estimate of drug-likeness (QED) is 0.320. The van der Waals surface area contributed by atoms with Crippen molar-refractivity contribution in [3.05, 3.63) is 120 Å². The van der Waals surface area contributed by atoms with Crippen molar-refractivity contribution < 1.29 is 4.74 Å². The summed E-state index contributed by atoms with van der Waals surface area (Å²) in [6.07, 6.45) is 0. The zero-order valence-electron chi connectivity index (χ0n) is 17.4. The lowest BCUT2D eigenvalue weighted by Gasteiger charge is -2.26. The Morgan fingerprint density at radius 2 is 1.22 bits per heavy atom. The lowest BCUT2D eigenvalue weighted by Crippen LogP contribution is -2.16. The van der Waals surface area contributed by atoms with E-state index in [1.54, 1.807) is 0 Å². The van der Waals surface area contributed by atoms with E-state index in [4.69, 9.17) is 9.73 Å². The Balaban J connectivity index is 1.52. The number of anilines is 3. The first-order valence-electron chi connectivity index (χ1n) is 10.6.